The fourth-order valence-corrected chi connectivity index (χ4v) is 4.17. The van der Waals surface area contributed by atoms with E-state index in [0.29, 0.717) is 0 Å². The Bertz CT molecular complexity index is 596. The highest BCUT2D eigenvalue weighted by atomic mass is 19.4. The molecule has 25 heavy (non-hydrogen) atoms. The summed E-state index contributed by atoms with van der Waals surface area (Å²) in [5.74, 6) is -0.477. The molecule has 136 valence electrons. The molecule has 0 spiro atoms. The van der Waals surface area contributed by atoms with Gasteiger partial charge in [0.1, 0.15) is 0 Å². The van der Waals surface area contributed by atoms with Crippen LogP contribution < -0.4 is 0 Å². The van der Waals surface area contributed by atoms with E-state index in [4.69, 9.17) is 0 Å². The van der Waals surface area contributed by atoms with Crippen LogP contribution in [0.1, 0.15) is 56.9 Å². The minimum atomic E-state index is -4.55. The first-order chi connectivity index (χ1) is 12.0. The second-order valence-corrected chi connectivity index (χ2v) is 7.04. The zero-order valence-electron chi connectivity index (χ0n) is 14.3. The summed E-state index contributed by atoms with van der Waals surface area (Å²) in [7, 11) is 0. The summed E-state index contributed by atoms with van der Waals surface area (Å²) in [6, 6.07) is 7.79. The molecule has 0 radical (unpaired) electrons. The van der Waals surface area contributed by atoms with Crippen molar-refractivity contribution >= 4 is 11.5 Å². The van der Waals surface area contributed by atoms with Crippen molar-refractivity contribution in [3.63, 3.8) is 0 Å². The van der Waals surface area contributed by atoms with Crippen molar-refractivity contribution < 1.29 is 18.0 Å². The van der Waals surface area contributed by atoms with Gasteiger partial charge in [-0.15, -0.1) is 0 Å². The minimum absolute atomic E-state index is 0.0427. The monoisotopic (exact) mass is 351 g/mol. The number of nitrogens with zero attached hydrogens (tertiary/aromatic N) is 1. The van der Waals surface area contributed by atoms with E-state index >= 15 is 0 Å². The lowest BCUT2D eigenvalue weighted by atomic mass is 10.0. The predicted molar refractivity (Wildman–Crippen MR) is 91.8 cm³/mol. The minimum Gasteiger partial charge on any atom is -0.333 e. The molecule has 2 fully saturated rings. The van der Waals surface area contributed by atoms with Crippen LogP contribution >= 0.6 is 0 Å². The number of amides is 1. The molecule has 0 unspecified atom stereocenters. The predicted octanol–water partition coefficient (Wildman–Crippen LogP) is 5.35. The summed E-state index contributed by atoms with van der Waals surface area (Å²) < 4.78 is 40.6. The zero-order valence-corrected chi connectivity index (χ0v) is 14.3. The molecule has 0 aromatic heterocycles. The molecule has 2 saturated carbocycles. The number of hydrogen-bond donors (Lipinski definition) is 0. The Hall–Kier alpha value is -1.78. The zero-order chi connectivity index (χ0) is 17.9. The van der Waals surface area contributed by atoms with Crippen molar-refractivity contribution in [1.82, 2.24) is 4.90 Å². The molecule has 3 rings (SSSR count). The van der Waals surface area contributed by atoms with Gasteiger partial charge in [0.05, 0.1) is 5.57 Å². The third-order valence-electron chi connectivity index (χ3n) is 5.35. The summed E-state index contributed by atoms with van der Waals surface area (Å²) in [6.07, 6.45) is 4.11. The Kier molecular flexibility index (Phi) is 5.50. The molecule has 1 aromatic rings. The Morgan fingerprint density at radius 2 is 1.40 bits per heavy atom. The van der Waals surface area contributed by atoms with Crippen molar-refractivity contribution in [2.24, 2.45) is 0 Å². The maximum absolute atomic E-state index is 13.5. The molecule has 0 aliphatic heterocycles. The smallest absolute Gasteiger partial charge is 0.333 e. The molecule has 1 amide bonds. The Balaban J connectivity index is 1.92. The molecular weight excluding hydrogens is 327 g/mol. The van der Waals surface area contributed by atoms with Gasteiger partial charge >= 0.3 is 6.18 Å². The number of carbonyl (C=O) groups excluding carboxylic acids is 1. The summed E-state index contributed by atoms with van der Waals surface area (Å²) in [5, 5.41) is 0. The molecule has 0 bridgehead atoms. The highest BCUT2D eigenvalue weighted by Gasteiger charge is 2.38. The number of carbonyl (C=O) groups is 1. The van der Waals surface area contributed by atoms with Crippen molar-refractivity contribution in [2.45, 2.75) is 69.6 Å². The second-order valence-electron chi connectivity index (χ2n) is 7.04. The van der Waals surface area contributed by atoms with Crippen LogP contribution in [0.2, 0.25) is 0 Å². The van der Waals surface area contributed by atoms with E-state index in [1.54, 1.807) is 23.1 Å². The van der Waals surface area contributed by atoms with E-state index in [1.807, 2.05) is 0 Å². The van der Waals surface area contributed by atoms with Gasteiger partial charge in [-0.05, 0) is 31.2 Å². The standard InChI is InChI=1S/C20H24F3NO/c21-20(22,23)18(15-8-2-1-3-9-15)14-19(25)24(16-10-4-5-11-16)17-12-6-7-13-17/h1-3,8-9,14,16-17H,4-7,10-13H2/b18-14+. The lowest BCUT2D eigenvalue weighted by Gasteiger charge is -2.34. The lowest BCUT2D eigenvalue weighted by Crippen LogP contribution is -2.44. The number of hydrogen-bond acceptors (Lipinski definition) is 1. The van der Waals surface area contributed by atoms with Crippen LogP contribution in [0.25, 0.3) is 5.57 Å². The van der Waals surface area contributed by atoms with Gasteiger partial charge in [0, 0.05) is 18.2 Å². The first-order valence-electron chi connectivity index (χ1n) is 9.13. The Morgan fingerprint density at radius 1 is 0.920 bits per heavy atom. The topological polar surface area (TPSA) is 20.3 Å². The summed E-state index contributed by atoms with van der Waals surface area (Å²) in [5.41, 5.74) is -0.805. The van der Waals surface area contributed by atoms with E-state index in [1.165, 1.54) is 12.1 Å². The normalized spacial score (nSPS) is 20.2. The number of allylic oxidation sites excluding steroid dienone is 1. The van der Waals surface area contributed by atoms with Gasteiger partial charge < -0.3 is 4.90 Å². The highest BCUT2D eigenvalue weighted by molar-refractivity contribution is 5.96. The summed E-state index contributed by atoms with van der Waals surface area (Å²) >= 11 is 0. The molecule has 5 heteroatoms. The average Bonchev–Trinajstić information content (AvgIpc) is 3.27. The third kappa shape index (κ3) is 4.25. The fraction of sp³-hybridized carbons (Fsp3) is 0.550. The third-order valence-corrected chi connectivity index (χ3v) is 5.35. The molecule has 2 aliphatic rings. The van der Waals surface area contributed by atoms with Crippen molar-refractivity contribution in [3.05, 3.63) is 42.0 Å². The molecule has 0 heterocycles. The van der Waals surface area contributed by atoms with Crippen LogP contribution in [0, 0.1) is 0 Å². The van der Waals surface area contributed by atoms with Gasteiger partial charge in [-0.2, -0.15) is 13.2 Å². The number of rotatable bonds is 4. The number of halogens is 3. The van der Waals surface area contributed by atoms with E-state index < -0.39 is 17.7 Å². The molecule has 2 aliphatic carbocycles. The van der Waals surface area contributed by atoms with Crippen LogP contribution in [0.4, 0.5) is 13.2 Å². The van der Waals surface area contributed by atoms with Crippen LogP contribution in [0.5, 0.6) is 0 Å². The van der Waals surface area contributed by atoms with Crippen LogP contribution in [0.15, 0.2) is 36.4 Å². The maximum Gasteiger partial charge on any atom is 0.417 e. The van der Waals surface area contributed by atoms with Crippen molar-refractivity contribution in [1.29, 1.82) is 0 Å². The molecule has 0 saturated heterocycles. The first-order valence-corrected chi connectivity index (χ1v) is 9.13. The van der Waals surface area contributed by atoms with Crippen LogP contribution in [-0.2, 0) is 4.79 Å². The quantitative estimate of drug-likeness (QED) is 0.670. The fourth-order valence-electron chi connectivity index (χ4n) is 4.17. The van der Waals surface area contributed by atoms with Crippen molar-refractivity contribution in [3.8, 4) is 0 Å². The molecule has 0 N–H and O–H groups in total. The van der Waals surface area contributed by atoms with E-state index in [-0.39, 0.29) is 17.6 Å². The van der Waals surface area contributed by atoms with Gasteiger partial charge in [0.15, 0.2) is 0 Å². The van der Waals surface area contributed by atoms with Gasteiger partial charge in [0.2, 0.25) is 5.91 Å². The van der Waals surface area contributed by atoms with Gasteiger partial charge in [-0.3, -0.25) is 4.79 Å². The number of benzene rings is 1. The Morgan fingerprint density at radius 3 is 1.84 bits per heavy atom. The lowest BCUT2D eigenvalue weighted by molar-refractivity contribution is -0.131. The SMILES string of the molecule is O=C(/C=C(\c1ccccc1)C(F)(F)F)N(C1CCCC1)C1CCCC1. The van der Waals surface area contributed by atoms with Gasteiger partial charge in [-0.1, -0.05) is 56.0 Å². The van der Waals surface area contributed by atoms with Crippen LogP contribution in [0.3, 0.4) is 0 Å². The summed E-state index contributed by atoms with van der Waals surface area (Å²) in [4.78, 5) is 14.7. The first kappa shape index (κ1) is 18.0. The highest BCUT2D eigenvalue weighted by Crippen LogP contribution is 2.36. The average molecular weight is 351 g/mol. The maximum atomic E-state index is 13.5. The molecular formula is C20H24F3NO. The molecule has 2 nitrogen and oxygen atoms in total. The molecule has 1 aromatic carbocycles. The second kappa shape index (κ2) is 7.63. The van der Waals surface area contributed by atoms with Gasteiger partial charge in [0.25, 0.3) is 0 Å². The van der Waals surface area contributed by atoms with E-state index in [2.05, 4.69) is 0 Å². The molecule has 0 atom stereocenters. The summed E-state index contributed by atoms with van der Waals surface area (Å²) in [6.45, 7) is 0. The van der Waals surface area contributed by atoms with Gasteiger partial charge in [-0.25, -0.2) is 0 Å². The van der Waals surface area contributed by atoms with E-state index in [0.717, 1.165) is 57.4 Å². The number of alkyl halides is 3. The van der Waals surface area contributed by atoms with Crippen LogP contribution in [-0.4, -0.2) is 29.1 Å². The van der Waals surface area contributed by atoms with Crippen molar-refractivity contribution in [2.75, 3.05) is 0 Å². The Labute approximate surface area is 146 Å². The largest absolute Gasteiger partial charge is 0.417 e. The van der Waals surface area contributed by atoms with E-state index in [9.17, 15) is 18.0 Å².